The van der Waals surface area contributed by atoms with Gasteiger partial charge >= 0.3 is 5.97 Å². The molecule has 1 N–H and O–H groups in total. The molecule has 0 radical (unpaired) electrons. The number of fused-ring (bicyclic) bond motifs is 2. The molecule has 0 aromatic heterocycles. The van der Waals surface area contributed by atoms with E-state index in [9.17, 15) is 9.90 Å². The van der Waals surface area contributed by atoms with Crippen LogP contribution in [0.5, 0.6) is 5.75 Å². The summed E-state index contributed by atoms with van der Waals surface area (Å²) in [6, 6.07) is 7.34. The summed E-state index contributed by atoms with van der Waals surface area (Å²) in [5, 5.41) is 9.26. The zero-order valence-corrected chi connectivity index (χ0v) is 12.0. The van der Waals surface area contributed by atoms with E-state index in [0.29, 0.717) is 23.6 Å². The fraction of sp³-hybridized carbons (Fsp3) is 0.562. The lowest BCUT2D eigenvalue weighted by Gasteiger charge is -2.36. The summed E-state index contributed by atoms with van der Waals surface area (Å²) in [6.07, 6.45) is 3.80. The highest BCUT2D eigenvalue weighted by molar-refractivity contribution is 5.90. The maximum atomic E-state index is 11.3. The number of benzene rings is 1. The molecule has 0 heterocycles. The van der Waals surface area contributed by atoms with Crippen molar-refractivity contribution in [1.29, 1.82) is 0 Å². The third-order valence-corrected chi connectivity index (χ3v) is 4.77. The maximum absolute atomic E-state index is 11.3. The molecule has 20 heavy (non-hydrogen) atoms. The Bertz CT molecular complexity index is 514. The van der Waals surface area contributed by atoms with Crippen LogP contribution in [0.1, 0.15) is 29.6 Å². The molecule has 0 saturated heterocycles. The van der Waals surface area contributed by atoms with Gasteiger partial charge in [-0.05, 0) is 57.3 Å². The molecule has 4 heteroatoms. The van der Waals surface area contributed by atoms with Crippen molar-refractivity contribution in [2.75, 3.05) is 14.1 Å². The molecule has 2 fully saturated rings. The summed E-state index contributed by atoms with van der Waals surface area (Å²) >= 11 is 0. The summed E-state index contributed by atoms with van der Waals surface area (Å²) in [5.41, 5.74) is 0.257. The standard InChI is InChI=1S/C16H21NO3/c1-17(2)14-10-7-8-11(9-10)15(14)20-13-6-4-3-5-12(13)16(18)19/h3-6,10-11,14-15H,7-9H2,1-2H3,(H,18,19). The normalized spacial score (nSPS) is 31.8. The van der Waals surface area contributed by atoms with Gasteiger partial charge in [0.1, 0.15) is 17.4 Å². The quantitative estimate of drug-likeness (QED) is 0.917. The Balaban J connectivity index is 1.85. The molecule has 0 spiro atoms. The Labute approximate surface area is 119 Å². The number of carboxylic acid groups (broad SMARTS) is 1. The first-order valence-corrected chi connectivity index (χ1v) is 7.23. The van der Waals surface area contributed by atoms with E-state index in [0.717, 1.165) is 0 Å². The molecule has 4 nitrogen and oxygen atoms in total. The van der Waals surface area contributed by atoms with Crippen molar-refractivity contribution in [2.45, 2.75) is 31.4 Å². The number of ether oxygens (including phenoxy) is 1. The molecule has 2 saturated carbocycles. The number of likely N-dealkylation sites (N-methyl/N-ethyl adjacent to an activating group) is 1. The first kappa shape index (κ1) is 13.4. The number of hydrogen-bond acceptors (Lipinski definition) is 3. The third-order valence-electron chi connectivity index (χ3n) is 4.77. The van der Waals surface area contributed by atoms with Crippen LogP contribution in [0.25, 0.3) is 0 Å². The van der Waals surface area contributed by atoms with Gasteiger partial charge in [0.25, 0.3) is 0 Å². The van der Waals surface area contributed by atoms with Gasteiger partial charge in [0.15, 0.2) is 0 Å². The Morgan fingerprint density at radius 3 is 2.65 bits per heavy atom. The van der Waals surface area contributed by atoms with Crippen LogP contribution in [0, 0.1) is 11.8 Å². The number of aromatic carboxylic acids is 1. The van der Waals surface area contributed by atoms with E-state index in [1.54, 1.807) is 18.2 Å². The molecule has 1 aromatic rings. The van der Waals surface area contributed by atoms with E-state index < -0.39 is 5.97 Å². The van der Waals surface area contributed by atoms with E-state index in [-0.39, 0.29) is 11.7 Å². The average Bonchev–Trinajstić information content (AvgIpc) is 2.99. The SMILES string of the molecule is CN(C)C1C2CCC(C2)C1Oc1ccccc1C(=O)O. The van der Waals surface area contributed by atoms with Crippen molar-refractivity contribution in [1.82, 2.24) is 4.90 Å². The summed E-state index contributed by atoms with van der Waals surface area (Å²) in [7, 11) is 4.18. The molecule has 0 amide bonds. The van der Waals surface area contributed by atoms with Crippen molar-refractivity contribution < 1.29 is 14.6 Å². The van der Waals surface area contributed by atoms with E-state index in [4.69, 9.17) is 4.74 Å². The van der Waals surface area contributed by atoms with Crippen LogP contribution < -0.4 is 4.74 Å². The average molecular weight is 275 g/mol. The van der Waals surface area contributed by atoms with E-state index in [1.165, 1.54) is 19.3 Å². The van der Waals surface area contributed by atoms with Crippen molar-refractivity contribution in [2.24, 2.45) is 11.8 Å². The van der Waals surface area contributed by atoms with Crippen LogP contribution in [-0.2, 0) is 0 Å². The lowest BCUT2D eigenvalue weighted by Crippen LogP contribution is -2.46. The fourth-order valence-electron chi connectivity index (χ4n) is 3.98. The number of carbonyl (C=O) groups is 1. The second-order valence-corrected chi connectivity index (χ2v) is 6.17. The lowest BCUT2D eigenvalue weighted by atomic mass is 9.91. The van der Waals surface area contributed by atoms with Gasteiger partial charge in [-0.2, -0.15) is 0 Å². The largest absolute Gasteiger partial charge is 0.488 e. The Hall–Kier alpha value is -1.55. The molecule has 0 aliphatic heterocycles. The van der Waals surface area contributed by atoms with Crippen LogP contribution in [0.2, 0.25) is 0 Å². The van der Waals surface area contributed by atoms with E-state index >= 15 is 0 Å². The number of rotatable bonds is 4. The molecule has 2 aliphatic rings. The van der Waals surface area contributed by atoms with E-state index in [2.05, 4.69) is 19.0 Å². The predicted octanol–water partition coefficient (Wildman–Crippen LogP) is 2.49. The van der Waals surface area contributed by atoms with Crippen LogP contribution in [0.4, 0.5) is 0 Å². The second kappa shape index (κ2) is 5.09. The highest BCUT2D eigenvalue weighted by Gasteiger charge is 2.50. The summed E-state index contributed by atoms with van der Waals surface area (Å²) in [5.74, 6) is 0.834. The number of carboxylic acids is 1. The van der Waals surface area contributed by atoms with Gasteiger partial charge in [0.05, 0.1) is 0 Å². The summed E-state index contributed by atoms with van der Waals surface area (Å²) in [4.78, 5) is 13.5. The van der Waals surface area contributed by atoms with Gasteiger partial charge in [-0.15, -0.1) is 0 Å². The van der Waals surface area contributed by atoms with Gasteiger partial charge in [-0.25, -0.2) is 4.79 Å². The van der Waals surface area contributed by atoms with Crippen molar-refractivity contribution in [3.8, 4) is 5.75 Å². The predicted molar refractivity (Wildman–Crippen MR) is 76.1 cm³/mol. The molecule has 4 atom stereocenters. The Morgan fingerprint density at radius 1 is 1.25 bits per heavy atom. The van der Waals surface area contributed by atoms with Gasteiger partial charge in [0, 0.05) is 6.04 Å². The van der Waals surface area contributed by atoms with E-state index in [1.807, 2.05) is 6.07 Å². The molecule has 3 rings (SSSR count). The smallest absolute Gasteiger partial charge is 0.339 e. The molecule has 2 aliphatic carbocycles. The van der Waals surface area contributed by atoms with Crippen molar-refractivity contribution in [3.05, 3.63) is 29.8 Å². The topological polar surface area (TPSA) is 49.8 Å². The Kier molecular flexibility index (Phi) is 3.42. The van der Waals surface area contributed by atoms with Gasteiger partial charge < -0.3 is 14.7 Å². The molecule has 1 aromatic carbocycles. The van der Waals surface area contributed by atoms with Crippen LogP contribution in [0.15, 0.2) is 24.3 Å². The summed E-state index contributed by atoms with van der Waals surface area (Å²) in [6.45, 7) is 0. The zero-order chi connectivity index (χ0) is 14.3. The second-order valence-electron chi connectivity index (χ2n) is 6.17. The van der Waals surface area contributed by atoms with Gasteiger partial charge in [-0.3, -0.25) is 0 Å². The Morgan fingerprint density at radius 2 is 1.95 bits per heavy atom. The number of hydrogen-bond donors (Lipinski definition) is 1. The minimum atomic E-state index is -0.926. The highest BCUT2D eigenvalue weighted by Crippen LogP contribution is 2.48. The molecular weight excluding hydrogens is 254 g/mol. The number of para-hydroxylation sites is 1. The lowest BCUT2D eigenvalue weighted by molar-refractivity contribution is 0.0505. The van der Waals surface area contributed by atoms with Crippen LogP contribution in [-0.4, -0.2) is 42.2 Å². The number of nitrogens with zero attached hydrogens (tertiary/aromatic N) is 1. The third kappa shape index (κ3) is 2.18. The summed E-state index contributed by atoms with van der Waals surface area (Å²) < 4.78 is 6.15. The molecule has 4 unspecified atom stereocenters. The van der Waals surface area contributed by atoms with Crippen LogP contribution in [0.3, 0.4) is 0 Å². The monoisotopic (exact) mass is 275 g/mol. The molecular formula is C16H21NO3. The first-order valence-electron chi connectivity index (χ1n) is 7.23. The van der Waals surface area contributed by atoms with Crippen molar-refractivity contribution in [3.63, 3.8) is 0 Å². The fourth-order valence-corrected chi connectivity index (χ4v) is 3.98. The maximum Gasteiger partial charge on any atom is 0.339 e. The zero-order valence-electron chi connectivity index (χ0n) is 12.0. The van der Waals surface area contributed by atoms with Gasteiger partial charge in [-0.1, -0.05) is 12.1 Å². The molecule has 108 valence electrons. The minimum absolute atomic E-state index is 0.115. The van der Waals surface area contributed by atoms with Crippen molar-refractivity contribution >= 4 is 5.97 Å². The first-order chi connectivity index (χ1) is 9.58. The van der Waals surface area contributed by atoms with Gasteiger partial charge in [0.2, 0.25) is 0 Å². The highest BCUT2D eigenvalue weighted by atomic mass is 16.5. The minimum Gasteiger partial charge on any atom is -0.488 e. The van der Waals surface area contributed by atoms with Crippen LogP contribution >= 0.6 is 0 Å². The molecule has 2 bridgehead atoms.